The largest absolute Gasteiger partial charge is 0.381 e. The molecular formula is C24H32N4O3. The number of amides is 1. The zero-order valence-corrected chi connectivity index (χ0v) is 18.5. The van der Waals surface area contributed by atoms with E-state index >= 15 is 0 Å². The third-order valence-corrected chi connectivity index (χ3v) is 5.25. The van der Waals surface area contributed by atoms with E-state index < -0.39 is 6.10 Å². The number of anilines is 1. The Labute approximate surface area is 184 Å². The molecule has 1 atom stereocenters. The van der Waals surface area contributed by atoms with Crippen LogP contribution in [0.4, 0.5) is 5.69 Å². The van der Waals surface area contributed by atoms with Crippen molar-refractivity contribution in [2.75, 3.05) is 31.6 Å². The number of benzene rings is 2. The number of carbonyl (C=O) groups is 1. The summed E-state index contributed by atoms with van der Waals surface area (Å²) in [7, 11) is 0. The van der Waals surface area contributed by atoms with Gasteiger partial charge in [0.2, 0.25) is 6.10 Å². The highest BCUT2D eigenvalue weighted by Crippen LogP contribution is 2.23. The number of hydrogen-bond donors (Lipinski definition) is 2. The third kappa shape index (κ3) is 6.54. The van der Waals surface area contributed by atoms with Crippen molar-refractivity contribution in [2.45, 2.75) is 39.3 Å². The minimum absolute atomic E-state index is 0.242. The predicted octanol–water partition coefficient (Wildman–Crippen LogP) is 3.31. The smallest absolute Gasteiger partial charge is 0.267 e. The summed E-state index contributed by atoms with van der Waals surface area (Å²) in [6.45, 7) is 10.0. The average molecular weight is 425 g/mol. The van der Waals surface area contributed by atoms with E-state index in [0.29, 0.717) is 5.92 Å². The van der Waals surface area contributed by atoms with E-state index in [0.717, 1.165) is 55.2 Å². The number of ether oxygens (including phenoxy) is 1. The molecular weight excluding hydrogens is 392 g/mol. The topological polar surface area (TPSA) is 89.2 Å². The Balaban J connectivity index is 1.59. The maximum atomic E-state index is 12.5. The van der Waals surface area contributed by atoms with Crippen LogP contribution in [-0.4, -0.2) is 49.0 Å². The molecule has 0 radical (unpaired) electrons. The van der Waals surface area contributed by atoms with Crippen molar-refractivity contribution in [3.05, 3.63) is 65.2 Å². The standard InChI is InChI=1S/C24H32N4O3/c1-17(2)21-9-4-5-10-22(21)26-24(29)18(3)31-27-23(25)20-8-6-7-19(15-20)16-28-11-13-30-14-12-28/h4-10,15,17-18H,11-14,16H2,1-3H3,(H2,25,27)(H,26,29). The fourth-order valence-corrected chi connectivity index (χ4v) is 3.43. The van der Waals surface area contributed by atoms with Gasteiger partial charge < -0.3 is 20.6 Å². The van der Waals surface area contributed by atoms with Crippen molar-refractivity contribution in [2.24, 2.45) is 10.9 Å². The summed E-state index contributed by atoms with van der Waals surface area (Å²) in [6.07, 6.45) is -0.782. The Kier molecular flexibility index (Phi) is 8.03. The van der Waals surface area contributed by atoms with Crippen molar-refractivity contribution in [1.29, 1.82) is 0 Å². The molecule has 1 saturated heterocycles. The second kappa shape index (κ2) is 10.9. The van der Waals surface area contributed by atoms with Gasteiger partial charge in [-0.25, -0.2) is 0 Å². The van der Waals surface area contributed by atoms with Crippen LogP contribution in [0, 0.1) is 0 Å². The van der Waals surface area contributed by atoms with Gasteiger partial charge in [0.25, 0.3) is 5.91 Å². The van der Waals surface area contributed by atoms with Crippen molar-refractivity contribution in [3.8, 4) is 0 Å². The molecule has 3 N–H and O–H groups in total. The molecule has 1 aliphatic heterocycles. The molecule has 0 spiro atoms. The van der Waals surface area contributed by atoms with E-state index in [2.05, 4.69) is 35.3 Å². The van der Waals surface area contributed by atoms with Crippen LogP contribution in [0.1, 0.15) is 43.4 Å². The second-order valence-electron chi connectivity index (χ2n) is 8.04. The van der Waals surface area contributed by atoms with Crippen LogP contribution in [0.5, 0.6) is 0 Å². The van der Waals surface area contributed by atoms with Gasteiger partial charge in [-0.15, -0.1) is 0 Å². The highest BCUT2D eigenvalue weighted by molar-refractivity contribution is 5.97. The Hall–Kier alpha value is -2.90. The van der Waals surface area contributed by atoms with Gasteiger partial charge in [-0.2, -0.15) is 0 Å². The van der Waals surface area contributed by atoms with Gasteiger partial charge in [0.15, 0.2) is 5.84 Å². The van der Waals surface area contributed by atoms with Crippen LogP contribution in [0.2, 0.25) is 0 Å². The van der Waals surface area contributed by atoms with Crippen molar-refractivity contribution in [3.63, 3.8) is 0 Å². The summed E-state index contributed by atoms with van der Waals surface area (Å²) in [6, 6.07) is 15.7. The van der Waals surface area contributed by atoms with Gasteiger partial charge in [0.05, 0.1) is 13.2 Å². The lowest BCUT2D eigenvalue weighted by Crippen LogP contribution is -2.35. The van der Waals surface area contributed by atoms with Gasteiger partial charge in [0.1, 0.15) is 0 Å². The first-order valence-electron chi connectivity index (χ1n) is 10.7. The molecule has 0 aromatic heterocycles. The van der Waals surface area contributed by atoms with E-state index in [1.54, 1.807) is 6.92 Å². The molecule has 166 valence electrons. The summed E-state index contributed by atoms with van der Waals surface area (Å²) in [5, 5.41) is 6.92. The number of oxime groups is 1. The number of morpholine rings is 1. The van der Waals surface area contributed by atoms with Crippen LogP contribution in [0.3, 0.4) is 0 Å². The molecule has 2 aromatic rings. The average Bonchev–Trinajstić information content (AvgIpc) is 2.78. The molecule has 7 heteroatoms. The lowest BCUT2D eigenvalue weighted by molar-refractivity contribution is -0.126. The zero-order valence-electron chi connectivity index (χ0n) is 18.5. The zero-order chi connectivity index (χ0) is 22.2. The van der Waals surface area contributed by atoms with Gasteiger partial charge in [0, 0.05) is 30.9 Å². The SMILES string of the molecule is CC(ON=C(N)c1cccc(CN2CCOCC2)c1)C(=O)Nc1ccccc1C(C)C. The summed E-state index contributed by atoms with van der Waals surface area (Å²) in [5.74, 6) is 0.267. The molecule has 3 rings (SSSR count). The fraction of sp³-hybridized carbons (Fsp3) is 0.417. The minimum atomic E-state index is -0.782. The number of amidine groups is 1. The molecule has 0 saturated carbocycles. The molecule has 1 fully saturated rings. The summed E-state index contributed by atoms with van der Waals surface area (Å²) in [5.41, 5.74) is 9.89. The molecule has 7 nitrogen and oxygen atoms in total. The summed E-state index contributed by atoms with van der Waals surface area (Å²) < 4.78 is 5.40. The molecule has 0 aliphatic carbocycles. The number of hydrogen-bond acceptors (Lipinski definition) is 5. The normalized spacial score (nSPS) is 16.2. The van der Waals surface area contributed by atoms with E-state index in [-0.39, 0.29) is 11.7 Å². The number of nitrogens with two attached hydrogens (primary N) is 1. The fourth-order valence-electron chi connectivity index (χ4n) is 3.43. The number of carbonyl (C=O) groups excluding carboxylic acids is 1. The van der Waals surface area contributed by atoms with Crippen LogP contribution >= 0.6 is 0 Å². The molecule has 2 aromatic carbocycles. The first-order valence-corrected chi connectivity index (χ1v) is 10.7. The van der Waals surface area contributed by atoms with Gasteiger partial charge in [-0.1, -0.05) is 55.4 Å². The Morgan fingerprint density at radius 2 is 1.90 bits per heavy atom. The summed E-state index contributed by atoms with van der Waals surface area (Å²) in [4.78, 5) is 20.3. The minimum Gasteiger partial charge on any atom is -0.381 e. The molecule has 1 unspecified atom stereocenters. The highest BCUT2D eigenvalue weighted by Gasteiger charge is 2.17. The molecule has 0 bridgehead atoms. The lowest BCUT2D eigenvalue weighted by Gasteiger charge is -2.26. The first kappa shape index (κ1) is 22.8. The maximum absolute atomic E-state index is 12.5. The third-order valence-electron chi connectivity index (χ3n) is 5.25. The van der Waals surface area contributed by atoms with Crippen LogP contribution in [-0.2, 0) is 20.9 Å². The van der Waals surface area contributed by atoms with E-state index in [9.17, 15) is 4.79 Å². The van der Waals surface area contributed by atoms with Crippen LogP contribution in [0.15, 0.2) is 53.7 Å². The van der Waals surface area contributed by atoms with Crippen LogP contribution in [0.25, 0.3) is 0 Å². The predicted molar refractivity (Wildman–Crippen MR) is 123 cm³/mol. The van der Waals surface area contributed by atoms with Crippen molar-refractivity contribution in [1.82, 2.24) is 4.90 Å². The van der Waals surface area contributed by atoms with E-state index in [1.165, 1.54) is 0 Å². The highest BCUT2D eigenvalue weighted by atomic mass is 16.6. The molecule has 1 aliphatic rings. The second-order valence-corrected chi connectivity index (χ2v) is 8.04. The van der Waals surface area contributed by atoms with E-state index in [1.807, 2.05) is 42.5 Å². The quantitative estimate of drug-likeness (QED) is 0.386. The first-order chi connectivity index (χ1) is 14.9. The van der Waals surface area contributed by atoms with Crippen molar-refractivity contribution >= 4 is 17.4 Å². The van der Waals surface area contributed by atoms with Gasteiger partial charge >= 0.3 is 0 Å². The lowest BCUT2D eigenvalue weighted by atomic mass is 10.0. The number of para-hydroxylation sites is 1. The maximum Gasteiger partial charge on any atom is 0.267 e. The molecule has 31 heavy (non-hydrogen) atoms. The monoisotopic (exact) mass is 424 g/mol. The Morgan fingerprint density at radius 1 is 1.16 bits per heavy atom. The summed E-state index contributed by atoms with van der Waals surface area (Å²) >= 11 is 0. The van der Waals surface area contributed by atoms with Crippen molar-refractivity contribution < 1.29 is 14.4 Å². The Morgan fingerprint density at radius 3 is 2.65 bits per heavy atom. The number of nitrogens with zero attached hydrogens (tertiary/aromatic N) is 2. The van der Waals surface area contributed by atoms with Crippen LogP contribution < -0.4 is 11.1 Å². The van der Waals surface area contributed by atoms with E-state index in [4.69, 9.17) is 15.3 Å². The Bertz CT molecular complexity index is 907. The number of nitrogens with one attached hydrogen (secondary N) is 1. The van der Waals surface area contributed by atoms with Gasteiger partial charge in [-0.3, -0.25) is 9.69 Å². The number of rotatable bonds is 8. The molecule has 1 heterocycles. The van der Waals surface area contributed by atoms with Gasteiger partial charge in [-0.05, 0) is 36.1 Å². The molecule has 1 amide bonds.